The standard InChI is InChI=1S/C24H26N2O6/c1-19(27)31-17-15-25(16-18-32-20(2)28)23-11-7-21(8-12-23)5-3-4-6-22-9-13-24(14-10-22)26(29)30/h3-14H,15-18H2,1-2H3/b5-3+,6-4+. The molecule has 0 fully saturated rings. The van der Waals surface area contributed by atoms with Crippen molar-refractivity contribution in [2.75, 3.05) is 31.2 Å². The summed E-state index contributed by atoms with van der Waals surface area (Å²) in [7, 11) is 0. The van der Waals surface area contributed by atoms with Gasteiger partial charge in [-0.1, -0.05) is 36.4 Å². The van der Waals surface area contributed by atoms with Gasteiger partial charge in [0, 0.05) is 31.7 Å². The van der Waals surface area contributed by atoms with E-state index in [0.29, 0.717) is 13.1 Å². The topological polar surface area (TPSA) is 99.0 Å². The number of carbonyl (C=O) groups is 2. The summed E-state index contributed by atoms with van der Waals surface area (Å²) in [5, 5.41) is 10.7. The Morgan fingerprint density at radius 3 is 1.69 bits per heavy atom. The molecule has 8 nitrogen and oxygen atoms in total. The zero-order chi connectivity index (χ0) is 23.3. The lowest BCUT2D eigenvalue weighted by Gasteiger charge is -2.24. The Bertz CT molecular complexity index is 945. The molecule has 2 aromatic carbocycles. The first-order chi connectivity index (χ1) is 15.3. The monoisotopic (exact) mass is 438 g/mol. The number of hydrogen-bond donors (Lipinski definition) is 0. The van der Waals surface area contributed by atoms with Crippen LogP contribution >= 0.6 is 0 Å². The summed E-state index contributed by atoms with van der Waals surface area (Å²) in [6.07, 6.45) is 7.54. The van der Waals surface area contributed by atoms with Crippen LogP contribution in [0.5, 0.6) is 0 Å². The number of non-ortho nitro benzene ring substituents is 1. The molecule has 0 aliphatic carbocycles. The van der Waals surface area contributed by atoms with Gasteiger partial charge in [0.25, 0.3) is 5.69 Å². The smallest absolute Gasteiger partial charge is 0.302 e. The number of benzene rings is 2. The molecule has 2 aromatic rings. The number of esters is 2. The van der Waals surface area contributed by atoms with Crippen molar-refractivity contribution in [1.82, 2.24) is 0 Å². The van der Waals surface area contributed by atoms with E-state index in [1.54, 1.807) is 12.1 Å². The van der Waals surface area contributed by atoms with E-state index < -0.39 is 4.92 Å². The van der Waals surface area contributed by atoms with Gasteiger partial charge in [-0.05, 0) is 35.4 Å². The third-order valence-electron chi connectivity index (χ3n) is 4.38. The van der Waals surface area contributed by atoms with E-state index in [4.69, 9.17) is 9.47 Å². The number of nitro benzene ring substituents is 1. The molecule has 0 heterocycles. The Kier molecular flexibility index (Phi) is 9.65. The minimum absolute atomic E-state index is 0.0625. The molecule has 168 valence electrons. The number of carbonyl (C=O) groups excluding carboxylic acids is 2. The fourth-order valence-electron chi connectivity index (χ4n) is 2.81. The molecule has 0 unspecified atom stereocenters. The lowest BCUT2D eigenvalue weighted by Crippen LogP contribution is -2.31. The predicted molar refractivity (Wildman–Crippen MR) is 123 cm³/mol. The average Bonchev–Trinajstić information content (AvgIpc) is 2.76. The van der Waals surface area contributed by atoms with Crippen LogP contribution in [0.25, 0.3) is 12.2 Å². The third kappa shape index (κ3) is 8.83. The molecule has 0 radical (unpaired) electrons. The van der Waals surface area contributed by atoms with Crippen molar-refractivity contribution in [2.45, 2.75) is 13.8 Å². The van der Waals surface area contributed by atoms with Crippen molar-refractivity contribution in [1.29, 1.82) is 0 Å². The van der Waals surface area contributed by atoms with Gasteiger partial charge in [0.2, 0.25) is 0 Å². The normalized spacial score (nSPS) is 10.9. The van der Waals surface area contributed by atoms with Gasteiger partial charge in [-0.25, -0.2) is 0 Å². The van der Waals surface area contributed by atoms with Gasteiger partial charge in [-0.3, -0.25) is 19.7 Å². The first-order valence-corrected chi connectivity index (χ1v) is 10.1. The summed E-state index contributed by atoms with van der Waals surface area (Å²) in [5.41, 5.74) is 2.84. The number of allylic oxidation sites excluding steroid dienone is 2. The van der Waals surface area contributed by atoms with Crippen LogP contribution in [0.2, 0.25) is 0 Å². The van der Waals surface area contributed by atoms with Crippen molar-refractivity contribution >= 4 is 35.5 Å². The molecule has 2 rings (SSSR count). The summed E-state index contributed by atoms with van der Waals surface area (Å²) >= 11 is 0. The van der Waals surface area contributed by atoms with Crippen molar-refractivity contribution < 1.29 is 24.0 Å². The van der Waals surface area contributed by atoms with Crippen molar-refractivity contribution in [3.63, 3.8) is 0 Å². The maximum Gasteiger partial charge on any atom is 0.302 e. The number of nitrogens with zero attached hydrogens (tertiary/aromatic N) is 2. The Balaban J connectivity index is 1.97. The average molecular weight is 438 g/mol. The van der Waals surface area contributed by atoms with E-state index >= 15 is 0 Å². The zero-order valence-corrected chi connectivity index (χ0v) is 18.1. The van der Waals surface area contributed by atoms with E-state index in [-0.39, 0.29) is 30.8 Å². The molecule has 0 aliphatic rings. The largest absolute Gasteiger partial charge is 0.464 e. The van der Waals surface area contributed by atoms with Crippen LogP contribution in [-0.2, 0) is 19.1 Å². The number of hydrogen-bond acceptors (Lipinski definition) is 7. The maximum atomic E-state index is 11.0. The van der Waals surface area contributed by atoms with Gasteiger partial charge in [0.1, 0.15) is 13.2 Å². The first kappa shape index (κ1) is 24.3. The van der Waals surface area contributed by atoms with Crippen LogP contribution in [0.3, 0.4) is 0 Å². The Hall–Kier alpha value is -3.94. The quantitative estimate of drug-likeness (QED) is 0.224. The number of ether oxygens (including phenoxy) is 2. The van der Waals surface area contributed by atoms with Crippen LogP contribution in [0, 0.1) is 10.1 Å². The lowest BCUT2D eigenvalue weighted by atomic mass is 10.1. The van der Waals surface area contributed by atoms with E-state index in [1.807, 2.05) is 53.5 Å². The van der Waals surface area contributed by atoms with E-state index in [2.05, 4.69) is 0 Å². The van der Waals surface area contributed by atoms with Crippen LogP contribution < -0.4 is 4.90 Å². The Morgan fingerprint density at radius 1 is 0.844 bits per heavy atom. The Labute approximate surface area is 186 Å². The molecular weight excluding hydrogens is 412 g/mol. The summed E-state index contributed by atoms with van der Waals surface area (Å²) in [6, 6.07) is 14.1. The van der Waals surface area contributed by atoms with Crippen LogP contribution in [-0.4, -0.2) is 43.2 Å². The van der Waals surface area contributed by atoms with Gasteiger partial charge in [-0.2, -0.15) is 0 Å². The second kappa shape index (κ2) is 12.7. The highest BCUT2D eigenvalue weighted by Crippen LogP contribution is 2.17. The van der Waals surface area contributed by atoms with Crippen molar-refractivity contribution in [3.05, 3.63) is 81.9 Å². The second-order valence-corrected chi connectivity index (χ2v) is 6.83. The highest BCUT2D eigenvalue weighted by molar-refractivity contribution is 5.66. The Morgan fingerprint density at radius 2 is 1.28 bits per heavy atom. The lowest BCUT2D eigenvalue weighted by molar-refractivity contribution is -0.384. The van der Waals surface area contributed by atoms with E-state index in [0.717, 1.165) is 16.8 Å². The van der Waals surface area contributed by atoms with Gasteiger partial charge >= 0.3 is 11.9 Å². The van der Waals surface area contributed by atoms with E-state index in [9.17, 15) is 19.7 Å². The van der Waals surface area contributed by atoms with Gasteiger partial charge in [-0.15, -0.1) is 0 Å². The minimum Gasteiger partial charge on any atom is -0.464 e. The van der Waals surface area contributed by atoms with E-state index in [1.165, 1.54) is 26.0 Å². The zero-order valence-electron chi connectivity index (χ0n) is 18.1. The molecular formula is C24H26N2O6. The summed E-state index contributed by atoms with van der Waals surface area (Å²) in [4.78, 5) is 34.3. The van der Waals surface area contributed by atoms with Crippen LogP contribution in [0.15, 0.2) is 60.7 Å². The fourth-order valence-corrected chi connectivity index (χ4v) is 2.81. The minimum atomic E-state index is -0.426. The first-order valence-electron chi connectivity index (χ1n) is 10.1. The molecule has 32 heavy (non-hydrogen) atoms. The van der Waals surface area contributed by atoms with Crippen molar-refractivity contribution in [2.24, 2.45) is 0 Å². The third-order valence-corrected chi connectivity index (χ3v) is 4.38. The molecule has 0 bridgehead atoms. The molecule has 0 saturated heterocycles. The predicted octanol–water partition coefficient (Wildman–Crippen LogP) is 4.25. The molecule has 0 aromatic heterocycles. The number of rotatable bonds is 11. The van der Waals surface area contributed by atoms with Crippen LogP contribution in [0.1, 0.15) is 25.0 Å². The molecule has 0 N–H and O–H groups in total. The van der Waals surface area contributed by atoms with Gasteiger partial charge < -0.3 is 14.4 Å². The molecule has 0 aliphatic heterocycles. The molecule has 0 atom stereocenters. The summed E-state index contributed by atoms with van der Waals surface area (Å²) in [6.45, 7) is 4.16. The molecule has 0 spiro atoms. The second-order valence-electron chi connectivity index (χ2n) is 6.83. The molecule has 8 heteroatoms. The number of anilines is 1. The molecule has 0 amide bonds. The van der Waals surface area contributed by atoms with Gasteiger partial charge in [0.15, 0.2) is 0 Å². The van der Waals surface area contributed by atoms with Crippen LogP contribution in [0.4, 0.5) is 11.4 Å². The maximum absolute atomic E-state index is 11.0. The fraction of sp³-hybridized carbons (Fsp3) is 0.250. The highest BCUT2D eigenvalue weighted by Gasteiger charge is 2.08. The van der Waals surface area contributed by atoms with Crippen molar-refractivity contribution in [3.8, 4) is 0 Å². The summed E-state index contributed by atoms with van der Waals surface area (Å²) in [5.74, 6) is -0.681. The molecule has 0 saturated carbocycles. The SMILES string of the molecule is CC(=O)OCCN(CCOC(C)=O)c1ccc(/C=C/C=C/c2ccc([N+](=O)[O-])cc2)cc1. The highest BCUT2D eigenvalue weighted by atomic mass is 16.6. The summed E-state index contributed by atoms with van der Waals surface area (Å²) < 4.78 is 10.0. The number of nitro groups is 1. The van der Waals surface area contributed by atoms with Gasteiger partial charge in [0.05, 0.1) is 18.0 Å².